The number of halogens is 1. The predicted octanol–water partition coefficient (Wildman–Crippen LogP) is 3.37. The van der Waals surface area contributed by atoms with Crippen molar-refractivity contribution in [3.05, 3.63) is 47.0 Å². The Bertz CT molecular complexity index is 511. The number of nitrogens with two attached hydrogens (primary N) is 1. The molecule has 1 aromatic carbocycles. The number of pyridine rings is 1. The smallest absolute Gasteiger partial charge is 0.132 e. The van der Waals surface area contributed by atoms with E-state index in [0.717, 1.165) is 16.3 Å². The molecule has 2 rings (SSSR count). The summed E-state index contributed by atoms with van der Waals surface area (Å²) in [7, 11) is 0. The van der Waals surface area contributed by atoms with E-state index < -0.39 is 0 Å². The Morgan fingerprint density at radius 2 is 1.94 bits per heavy atom. The highest BCUT2D eigenvalue weighted by Crippen LogP contribution is 2.25. The number of nitrogens with one attached hydrogen (secondary N) is 1. The topological polar surface area (TPSA) is 50.9 Å². The molecule has 0 aliphatic heterocycles. The molecule has 0 spiro atoms. The predicted molar refractivity (Wildman–Crippen MR) is 68.1 cm³/mol. The lowest BCUT2D eigenvalue weighted by atomic mass is 10.2. The Morgan fingerprint density at radius 3 is 2.69 bits per heavy atom. The molecule has 3 nitrogen and oxygen atoms in total. The molecule has 4 heteroatoms. The zero-order valence-electron chi connectivity index (χ0n) is 8.87. The van der Waals surface area contributed by atoms with Crippen LogP contribution in [0.3, 0.4) is 0 Å². The minimum Gasteiger partial charge on any atom is -0.384 e. The van der Waals surface area contributed by atoms with Gasteiger partial charge in [-0.3, -0.25) is 0 Å². The largest absolute Gasteiger partial charge is 0.384 e. The quantitative estimate of drug-likeness (QED) is 0.836. The SMILES string of the molecule is Cc1c(Cl)cccc1Nc1cccc(N)n1. The van der Waals surface area contributed by atoms with Crippen LogP contribution >= 0.6 is 11.6 Å². The molecule has 0 fully saturated rings. The number of benzene rings is 1. The molecule has 1 aromatic heterocycles. The molecule has 3 N–H and O–H groups in total. The molecular weight excluding hydrogens is 222 g/mol. The number of hydrogen-bond acceptors (Lipinski definition) is 3. The number of anilines is 3. The summed E-state index contributed by atoms with van der Waals surface area (Å²) in [4.78, 5) is 4.16. The zero-order chi connectivity index (χ0) is 11.5. The number of nitrogen functional groups attached to an aromatic ring is 1. The Morgan fingerprint density at radius 1 is 1.19 bits per heavy atom. The van der Waals surface area contributed by atoms with Gasteiger partial charge in [0.15, 0.2) is 0 Å². The molecule has 2 aromatic rings. The molecule has 0 radical (unpaired) electrons. The highest BCUT2D eigenvalue weighted by atomic mass is 35.5. The van der Waals surface area contributed by atoms with Crippen LogP contribution in [0, 0.1) is 6.92 Å². The first-order chi connectivity index (χ1) is 7.66. The Hall–Kier alpha value is -1.74. The van der Waals surface area contributed by atoms with E-state index in [0.29, 0.717) is 11.6 Å². The van der Waals surface area contributed by atoms with E-state index in [1.165, 1.54) is 0 Å². The fraction of sp³-hybridized carbons (Fsp3) is 0.0833. The second kappa shape index (κ2) is 4.41. The average molecular weight is 234 g/mol. The third-order valence-corrected chi connectivity index (χ3v) is 2.71. The fourth-order valence-corrected chi connectivity index (χ4v) is 1.58. The van der Waals surface area contributed by atoms with Crippen molar-refractivity contribution in [3.8, 4) is 0 Å². The van der Waals surface area contributed by atoms with Crippen molar-refractivity contribution >= 4 is 28.9 Å². The minimum atomic E-state index is 0.490. The van der Waals surface area contributed by atoms with Gasteiger partial charge in [-0.05, 0) is 36.8 Å². The van der Waals surface area contributed by atoms with Crippen molar-refractivity contribution in [1.29, 1.82) is 0 Å². The summed E-state index contributed by atoms with van der Waals surface area (Å²) in [6, 6.07) is 11.2. The van der Waals surface area contributed by atoms with Crippen LogP contribution < -0.4 is 11.1 Å². The lowest BCUT2D eigenvalue weighted by Crippen LogP contribution is -1.98. The van der Waals surface area contributed by atoms with Gasteiger partial charge < -0.3 is 11.1 Å². The van der Waals surface area contributed by atoms with Gasteiger partial charge in [0.1, 0.15) is 11.6 Å². The van der Waals surface area contributed by atoms with E-state index in [2.05, 4.69) is 10.3 Å². The average Bonchev–Trinajstić information content (AvgIpc) is 2.25. The summed E-state index contributed by atoms with van der Waals surface area (Å²) >= 11 is 6.03. The Kier molecular flexibility index (Phi) is 2.97. The van der Waals surface area contributed by atoms with Gasteiger partial charge in [-0.2, -0.15) is 0 Å². The highest BCUT2D eigenvalue weighted by Gasteiger charge is 2.02. The van der Waals surface area contributed by atoms with Crippen molar-refractivity contribution in [2.75, 3.05) is 11.1 Å². The minimum absolute atomic E-state index is 0.490. The summed E-state index contributed by atoms with van der Waals surface area (Å²) in [6.45, 7) is 1.96. The maximum atomic E-state index is 6.03. The third kappa shape index (κ3) is 2.25. The van der Waals surface area contributed by atoms with Crippen LogP contribution in [0.15, 0.2) is 36.4 Å². The molecule has 0 bridgehead atoms. The van der Waals surface area contributed by atoms with E-state index in [1.54, 1.807) is 6.07 Å². The highest BCUT2D eigenvalue weighted by molar-refractivity contribution is 6.31. The van der Waals surface area contributed by atoms with Crippen LogP contribution in [0.2, 0.25) is 5.02 Å². The fourth-order valence-electron chi connectivity index (χ4n) is 1.40. The van der Waals surface area contributed by atoms with Crippen molar-refractivity contribution in [2.45, 2.75) is 6.92 Å². The van der Waals surface area contributed by atoms with Crippen molar-refractivity contribution in [3.63, 3.8) is 0 Å². The molecule has 0 saturated carbocycles. The molecule has 16 heavy (non-hydrogen) atoms. The molecular formula is C12H12ClN3. The number of hydrogen-bond donors (Lipinski definition) is 2. The molecule has 0 aliphatic carbocycles. The second-order valence-electron chi connectivity index (χ2n) is 3.49. The maximum absolute atomic E-state index is 6.03. The standard InChI is InChI=1S/C12H12ClN3/c1-8-9(13)4-2-5-10(8)15-12-7-3-6-11(14)16-12/h2-7H,1H3,(H3,14,15,16). The summed E-state index contributed by atoms with van der Waals surface area (Å²) in [6.07, 6.45) is 0. The van der Waals surface area contributed by atoms with Crippen molar-refractivity contribution in [1.82, 2.24) is 4.98 Å². The van der Waals surface area contributed by atoms with Crippen LogP contribution in [0.25, 0.3) is 0 Å². The molecule has 0 unspecified atom stereocenters. The third-order valence-electron chi connectivity index (χ3n) is 2.30. The van der Waals surface area contributed by atoms with Gasteiger partial charge in [0, 0.05) is 10.7 Å². The number of aromatic nitrogens is 1. The van der Waals surface area contributed by atoms with Gasteiger partial charge in [0.25, 0.3) is 0 Å². The summed E-state index contributed by atoms with van der Waals surface area (Å²) in [5.41, 5.74) is 7.53. The van der Waals surface area contributed by atoms with E-state index in [-0.39, 0.29) is 0 Å². The maximum Gasteiger partial charge on any atom is 0.132 e. The summed E-state index contributed by atoms with van der Waals surface area (Å²) in [5.74, 6) is 1.20. The second-order valence-corrected chi connectivity index (χ2v) is 3.89. The van der Waals surface area contributed by atoms with Gasteiger partial charge in [0.05, 0.1) is 0 Å². The van der Waals surface area contributed by atoms with Gasteiger partial charge in [0.2, 0.25) is 0 Å². The summed E-state index contributed by atoms with van der Waals surface area (Å²) < 4.78 is 0. The first-order valence-electron chi connectivity index (χ1n) is 4.91. The summed E-state index contributed by atoms with van der Waals surface area (Å²) in [5, 5.41) is 3.91. The van der Waals surface area contributed by atoms with Crippen molar-refractivity contribution < 1.29 is 0 Å². The normalized spacial score (nSPS) is 10.1. The number of nitrogens with zero attached hydrogens (tertiary/aromatic N) is 1. The van der Waals surface area contributed by atoms with E-state index in [1.807, 2.05) is 37.3 Å². The van der Waals surface area contributed by atoms with Crippen LogP contribution in [-0.4, -0.2) is 4.98 Å². The van der Waals surface area contributed by atoms with Gasteiger partial charge in [-0.1, -0.05) is 23.7 Å². The molecule has 1 heterocycles. The molecule has 0 saturated heterocycles. The molecule has 0 aliphatic rings. The van der Waals surface area contributed by atoms with Gasteiger partial charge in [-0.25, -0.2) is 4.98 Å². The van der Waals surface area contributed by atoms with E-state index in [9.17, 15) is 0 Å². The first-order valence-corrected chi connectivity index (χ1v) is 5.29. The van der Waals surface area contributed by atoms with E-state index in [4.69, 9.17) is 17.3 Å². The number of rotatable bonds is 2. The molecule has 0 atom stereocenters. The van der Waals surface area contributed by atoms with Crippen molar-refractivity contribution in [2.24, 2.45) is 0 Å². The lowest BCUT2D eigenvalue weighted by molar-refractivity contribution is 1.30. The molecule has 0 amide bonds. The van der Waals surface area contributed by atoms with Gasteiger partial charge >= 0.3 is 0 Å². The first kappa shape index (κ1) is 10.8. The molecule has 82 valence electrons. The van der Waals surface area contributed by atoms with Crippen LogP contribution in [0.4, 0.5) is 17.3 Å². The van der Waals surface area contributed by atoms with Crippen LogP contribution in [0.1, 0.15) is 5.56 Å². The lowest BCUT2D eigenvalue weighted by Gasteiger charge is -2.09. The van der Waals surface area contributed by atoms with E-state index >= 15 is 0 Å². The van der Waals surface area contributed by atoms with Gasteiger partial charge in [-0.15, -0.1) is 0 Å². The Labute approximate surface area is 99.3 Å². The Balaban J connectivity index is 2.31. The zero-order valence-corrected chi connectivity index (χ0v) is 9.62. The van der Waals surface area contributed by atoms with Crippen LogP contribution in [0.5, 0.6) is 0 Å². The van der Waals surface area contributed by atoms with Crippen LogP contribution in [-0.2, 0) is 0 Å². The monoisotopic (exact) mass is 233 g/mol.